The summed E-state index contributed by atoms with van der Waals surface area (Å²) in [6.07, 6.45) is 7.76. The molecule has 0 unspecified atom stereocenters. The average molecular weight is 558 g/mol. The third kappa shape index (κ3) is 5.25. The van der Waals surface area contributed by atoms with E-state index in [9.17, 15) is 29.9 Å². The molecule has 1 aliphatic heterocycles. The van der Waals surface area contributed by atoms with Crippen molar-refractivity contribution in [3.63, 3.8) is 0 Å². The third-order valence-corrected chi connectivity index (χ3v) is 7.79. The van der Waals surface area contributed by atoms with Gasteiger partial charge in [0.15, 0.2) is 0 Å². The fourth-order valence-corrected chi connectivity index (χ4v) is 5.53. The van der Waals surface area contributed by atoms with E-state index in [4.69, 9.17) is 0 Å². The van der Waals surface area contributed by atoms with Gasteiger partial charge in [-0.3, -0.25) is 19.7 Å². The van der Waals surface area contributed by atoms with Crippen molar-refractivity contribution >= 4 is 41.9 Å². The van der Waals surface area contributed by atoms with Crippen molar-refractivity contribution in [3.05, 3.63) is 93.7 Å². The lowest BCUT2D eigenvalue weighted by Gasteiger charge is -2.01. The summed E-state index contributed by atoms with van der Waals surface area (Å²) in [7, 11) is 0. The molecular weight excluding hydrogens is 526 g/mol. The molecule has 4 aromatic rings. The highest BCUT2D eigenvalue weighted by Crippen LogP contribution is 2.28. The van der Waals surface area contributed by atoms with E-state index in [1.807, 2.05) is 45.1 Å². The molecule has 0 spiro atoms. The first kappa shape index (κ1) is 27.5. The van der Waals surface area contributed by atoms with Crippen molar-refractivity contribution in [2.24, 2.45) is 0 Å². The number of rotatable bonds is 7. The van der Waals surface area contributed by atoms with Crippen LogP contribution in [0.15, 0.2) is 6.07 Å². The minimum absolute atomic E-state index is 0.0394. The summed E-state index contributed by atoms with van der Waals surface area (Å²) in [4.78, 5) is 48.0. The van der Waals surface area contributed by atoms with Gasteiger partial charge in [-0.15, -0.1) is 0 Å². The number of H-pyrrole nitrogens is 4. The molecule has 0 atom stereocenters. The molecule has 212 valence electrons. The summed E-state index contributed by atoms with van der Waals surface area (Å²) >= 11 is 0. The van der Waals surface area contributed by atoms with Crippen LogP contribution in [0.2, 0.25) is 0 Å². The summed E-state index contributed by atoms with van der Waals surface area (Å²) in [6, 6.07) is 1.96. The van der Waals surface area contributed by atoms with Crippen LogP contribution in [0.5, 0.6) is 0 Å². The maximum absolute atomic E-state index is 12.1. The second-order valence-corrected chi connectivity index (χ2v) is 10.5. The van der Waals surface area contributed by atoms with E-state index in [0.29, 0.717) is 39.8 Å². The number of nitro groups is 1. The minimum atomic E-state index is -0.938. The number of hydrogen-bond donors (Lipinski definition) is 6. The van der Waals surface area contributed by atoms with Crippen LogP contribution in [0.4, 0.5) is 5.69 Å². The van der Waals surface area contributed by atoms with E-state index in [1.165, 1.54) is 0 Å². The number of carboxylic acid groups (broad SMARTS) is 2. The Balaban J connectivity index is 1.89. The van der Waals surface area contributed by atoms with Gasteiger partial charge in [0.1, 0.15) is 5.69 Å². The molecule has 0 aromatic carbocycles. The van der Waals surface area contributed by atoms with Crippen molar-refractivity contribution in [1.29, 1.82) is 0 Å². The molecule has 0 amide bonds. The zero-order valence-corrected chi connectivity index (χ0v) is 23.2. The highest BCUT2D eigenvalue weighted by molar-refractivity contribution is 5.71. The van der Waals surface area contributed by atoms with E-state index in [-0.39, 0.29) is 24.9 Å². The Morgan fingerprint density at radius 3 is 1.95 bits per heavy atom. The van der Waals surface area contributed by atoms with Crippen LogP contribution in [-0.2, 0) is 22.4 Å². The zero-order valence-electron chi connectivity index (χ0n) is 23.2. The summed E-state index contributed by atoms with van der Waals surface area (Å²) in [6.45, 7) is 7.47. The van der Waals surface area contributed by atoms with Crippen LogP contribution < -0.4 is 21.4 Å². The molecule has 8 bridgehead atoms. The lowest BCUT2D eigenvalue weighted by atomic mass is 10.0. The second-order valence-electron chi connectivity index (χ2n) is 10.5. The first-order valence-electron chi connectivity index (χ1n) is 13.2. The van der Waals surface area contributed by atoms with Crippen molar-refractivity contribution in [2.45, 2.75) is 53.4 Å². The number of nitrogens with zero attached hydrogens (tertiary/aromatic N) is 1. The Hall–Kier alpha value is -5.06. The van der Waals surface area contributed by atoms with Crippen LogP contribution in [0.3, 0.4) is 0 Å². The van der Waals surface area contributed by atoms with Gasteiger partial charge in [0.25, 0.3) is 5.69 Å². The number of aryl methyl sites for hydroxylation is 1. The van der Waals surface area contributed by atoms with Crippen LogP contribution in [0.25, 0.3) is 24.3 Å². The SMILES string of the molecule is Cc1c2[nH]c(c1CCC(=O)O)C=c1[nH]c(c(C)c1CCC(=O)O)=Cc1[nH]c(c(C)c1[N+](=O)[O-])C=c1cc(C)c([nH]1)=C2. The van der Waals surface area contributed by atoms with Crippen LogP contribution in [0.1, 0.15) is 69.0 Å². The monoisotopic (exact) mass is 557 g/mol. The maximum atomic E-state index is 12.1. The predicted octanol–water partition coefficient (Wildman–Crippen LogP) is 1.80. The van der Waals surface area contributed by atoms with Crippen LogP contribution in [0, 0.1) is 37.8 Å². The molecule has 0 saturated heterocycles. The highest BCUT2D eigenvalue weighted by atomic mass is 16.6. The van der Waals surface area contributed by atoms with Crippen LogP contribution >= 0.6 is 0 Å². The lowest BCUT2D eigenvalue weighted by molar-refractivity contribution is -0.385. The number of fused-ring (bicyclic) bond motifs is 8. The van der Waals surface area contributed by atoms with Crippen molar-refractivity contribution < 1.29 is 24.7 Å². The van der Waals surface area contributed by atoms with Gasteiger partial charge in [0.2, 0.25) is 0 Å². The molecule has 1 aliphatic rings. The first-order chi connectivity index (χ1) is 19.4. The standard InChI is InChI=1S/C30H31N5O6/c1-14-9-18-10-22-17(4)30(35(40)41)27(34-22)12-24-16(3)20(6-8-29(38)39)26(33-24)13-25-19(5-7-28(36)37)15(2)23(32-25)11-21(14)31-18/h9-13,31-34H,5-8H2,1-4H3,(H,36,37)(H,38,39). The van der Waals surface area contributed by atoms with E-state index in [2.05, 4.69) is 19.9 Å². The highest BCUT2D eigenvalue weighted by Gasteiger charge is 2.23. The van der Waals surface area contributed by atoms with E-state index >= 15 is 0 Å². The maximum Gasteiger partial charge on any atom is 0.303 e. The van der Waals surface area contributed by atoms with Gasteiger partial charge in [0.05, 0.1) is 16.2 Å². The van der Waals surface area contributed by atoms with Crippen molar-refractivity contribution in [1.82, 2.24) is 19.9 Å². The summed E-state index contributed by atoms with van der Waals surface area (Å²) in [5.74, 6) is -1.84. The molecule has 5 heterocycles. The second kappa shape index (κ2) is 10.5. The number of aliphatic carboxylic acids is 2. The molecule has 6 N–H and O–H groups in total. The number of carbonyl (C=O) groups is 2. The van der Waals surface area contributed by atoms with Gasteiger partial charge < -0.3 is 30.1 Å². The summed E-state index contributed by atoms with van der Waals surface area (Å²) in [5.41, 5.74) is 7.19. The fraction of sp³-hybridized carbons (Fsp3) is 0.267. The Morgan fingerprint density at radius 2 is 1.29 bits per heavy atom. The van der Waals surface area contributed by atoms with Gasteiger partial charge >= 0.3 is 11.9 Å². The molecule has 11 heteroatoms. The molecule has 0 aliphatic carbocycles. The number of nitrogens with one attached hydrogen (secondary N) is 4. The zero-order chi connectivity index (χ0) is 29.6. The lowest BCUT2D eigenvalue weighted by Crippen LogP contribution is -2.14. The molecule has 0 saturated carbocycles. The number of aromatic amines is 4. The van der Waals surface area contributed by atoms with E-state index < -0.39 is 16.9 Å². The van der Waals surface area contributed by atoms with Crippen molar-refractivity contribution in [3.8, 4) is 0 Å². The fourth-order valence-electron chi connectivity index (χ4n) is 5.53. The van der Waals surface area contributed by atoms with Gasteiger partial charge in [-0.1, -0.05) is 0 Å². The van der Waals surface area contributed by atoms with E-state index in [1.54, 1.807) is 13.0 Å². The number of aromatic nitrogens is 4. The molecule has 0 radical (unpaired) electrons. The quantitative estimate of drug-likeness (QED) is 0.131. The average Bonchev–Trinajstić information content (AvgIpc) is 3.56. The van der Waals surface area contributed by atoms with Crippen LogP contribution in [-0.4, -0.2) is 47.0 Å². The molecule has 0 fully saturated rings. The normalized spacial score (nSPS) is 12.2. The predicted molar refractivity (Wildman–Crippen MR) is 153 cm³/mol. The largest absolute Gasteiger partial charge is 0.481 e. The smallest absolute Gasteiger partial charge is 0.303 e. The molecule has 41 heavy (non-hydrogen) atoms. The minimum Gasteiger partial charge on any atom is -0.481 e. The summed E-state index contributed by atoms with van der Waals surface area (Å²) in [5, 5.41) is 33.8. The molecular formula is C30H31N5O6. The molecule has 11 nitrogen and oxygen atoms in total. The molecule has 4 aromatic heterocycles. The van der Waals surface area contributed by atoms with Gasteiger partial charge in [-0.05, 0) is 98.7 Å². The topological polar surface area (TPSA) is 181 Å². The first-order valence-corrected chi connectivity index (χ1v) is 13.2. The Bertz CT molecular complexity index is 1980. The molecule has 5 rings (SSSR count). The van der Waals surface area contributed by atoms with Gasteiger partial charge in [-0.2, -0.15) is 0 Å². The Labute approximate surface area is 233 Å². The Kier molecular flexibility index (Phi) is 7.04. The van der Waals surface area contributed by atoms with Crippen molar-refractivity contribution in [2.75, 3.05) is 0 Å². The Morgan fingerprint density at radius 1 is 0.707 bits per heavy atom. The number of hydrogen-bond acceptors (Lipinski definition) is 4. The van der Waals surface area contributed by atoms with Gasteiger partial charge in [0, 0.05) is 45.6 Å². The third-order valence-electron chi connectivity index (χ3n) is 7.79. The summed E-state index contributed by atoms with van der Waals surface area (Å²) < 4.78 is 0. The van der Waals surface area contributed by atoms with E-state index in [0.717, 1.165) is 44.2 Å². The number of carboxylic acids is 2. The van der Waals surface area contributed by atoms with Gasteiger partial charge in [-0.25, -0.2) is 0 Å².